The first-order valence-electron chi connectivity index (χ1n) is 5.61. The minimum absolute atomic E-state index is 0.0272. The zero-order chi connectivity index (χ0) is 13.4. The SMILES string of the molecule is COc1ccc([N+](=O)[O-])c(NCCCCSC)n1. The normalized spacial score (nSPS) is 10.1. The van der Waals surface area contributed by atoms with Crippen LogP contribution in [0.1, 0.15) is 12.8 Å². The van der Waals surface area contributed by atoms with Gasteiger partial charge in [0.05, 0.1) is 12.0 Å². The molecule has 0 spiro atoms. The van der Waals surface area contributed by atoms with E-state index in [-0.39, 0.29) is 11.5 Å². The summed E-state index contributed by atoms with van der Waals surface area (Å²) in [5.74, 6) is 1.73. The number of thioether (sulfide) groups is 1. The second kappa shape index (κ2) is 7.75. The lowest BCUT2D eigenvalue weighted by Crippen LogP contribution is -2.07. The number of unbranched alkanes of at least 4 members (excludes halogenated alkanes) is 1. The van der Waals surface area contributed by atoms with Gasteiger partial charge in [-0.15, -0.1) is 0 Å². The smallest absolute Gasteiger partial charge is 0.311 e. The van der Waals surface area contributed by atoms with Crippen LogP contribution in [0.3, 0.4) is 0 Å². The summed E-state index contributed by atoms with van der Waals surface area (Å²) >= 11 is 1.79. The van der Waals surface area contributed by atoms with Crippen LogP contribution >= 0.6 is 11.8 Å². The van der Waals surface area contributed by atoms with Gasteiger partial charge in [-0.1, -0.05) is 0 Å². The standard InChI is InChI=1S/C11H17N3O3S/c1-17-10-6-5-9(14(15)16)11(13-10)12-7-3-4-8-18-2/h5-6H,3-4,7-8H2,1-2H3,(H,12,13). The van der Waals surface area contributed by atoms with Gasteiger partial charge < -0.3 is 10.1 Å². The van der Waals surface area contributed by atoms with Crippen LogP contribution in [0.15, 0.2) is 12.1 Å². The van der Waals surface area contributed by atoms with Gasteiger partial charge in [0, 0.05) is 18.7 Å². The molecule has 0 radical (unpaired) electrons. The summed E-state index contributed by atoms with van der Waals surface area (Å²) in [6.07, 6.45) is 4.09. The van der Waals surface area contributed by atoms with Crippen LogP contribution in [-0.4, -0.2) is 35.6 Å². The molecule has 0 bridgehead atoms. The van der Waals surface area contributed by atoms with Crippen molar-refractivity contribution in [3.63, 3.8) is 0 Å². The number of nitrogens with one attached hydrogen (secondary N) is 1. The van der Waals surface area contributed by atoms with E-state index in [1.165, 1.54) is 19.2 Å². The number of hydrogen-bond acceptors (Lipinski definition) is 6. The van der Waals surface area contributed by atoms with Crippen molar-refractivity contribution >= 4 is 23.3 Å². The average molecular weight is 271 g/mol. The van der Waals surface area contributed by atoms with Crippen molar-refractivity contribution < 1.29 is 9.66 Å². The molecule has 0 aliphatic heterocycles. The Morgan fingerprint density at radius 2 is 2.28 bits per heavy atom. The maximum absolute atomic E-state index is 10.8. The molecule has 18 heavy (non-hydrogen) atoms. The predicted molar refractivity (Wildman–Crippen MR) is 73.5 cm³/mol. The highest BCUT2D eigenvalue weighted by atomic mass is 32.2. The Bertz CT molecular complexity index is 401. The molecule has 0 unspecified atom stereocenters. The summed E-state index contributed by atoms with van der Waals surface area (Å²) in [6.45, 7) is 0.668. The van der Waals surface area contributed by atoms with Crippen LogP contribution in [0.4, 0.5) is 11.5 Å². The molecule has 0 amide bonds. The van der Waals surface area contributed by atoms with Gasteiger partial charge in [-0.2, -0.15) is 16.7 Å². The lowest BCUT2D eigenvalue weighted by Gasteiger charge is -2.07. The Labute approximate surface area is 110 Å². The molecule has 0 aromatic carbocycles. The number of methoxy groups -OCH3 is 1. The van der Waals surface area contributed by atoms with E-state index >= 15 is 0 Å². The Morgan fingerprint density at radius 1 is 1.50 bits per heavy atom. The maximum atomic E-state index is 10.8. The van der Waals surface area contributed by atoms with E-state index < -0.39 is 4.92 Å². The van der Waals surface area contributed by atoms with Gasteiger partial charge in [-0.25, -0.2) is 0 Å². The number of rotatable bonds is 8. The fraction of sp³-hybridized carbons (Fsp3) is 0.545. The van der Waals surface area contributed by atoms with Crippen molar-refractivity contribution in [2.24, 2.45) is 0 Å². The summed E-state index contributed by atoms with van der Waals surface area (Å²) in [5.41, 5.74) is -0.0272. The van der Waals surface area contributed by atoms with E-state index in [2.05, 4.69) is 16.6 Å². The maximum Gasteiger partial charge on any atom is 0.311 e. The molecule has 0 saturated carbocycles. The number of pyridine rings is 1. The molecule has 1 aromatic heterocycles. The van der Waals surface area contributed by atoms with E-state index in [1.807, 2.05) is 0 Å². The molecule has 1 rings (SSSR count). The van der Waals surface area contributed by atoms with Gasteiger partial charge >= 0.3 is 5.69 Å². The average Bonchev–Trinajstić information content (AvgIpc) is 2.38. The van der Waals surface area contributed by atoms with Gasteiger partial charge in [0.2, 0.25) is 11.7 Å². The number of nitro groups is 1. The van der Waals surface area contributed by atoms with Crippen LogP contribution in [-0.2, 0) is 0 Å². The fourth-order valence-corrected chi connectivity index (χ4v) is 1.90. The molecular formula is C11H17N3O3S. The summed E-state index contributed by atoms with van der Waals surface area (Å²) in [4.78, 5) is 14.4. The van der Waals surface area contributed by atoms with Crippen LogP contribution in [0.25, 0.3) is 0 Å². The van der Waals surface area contributed by atoms with Crippen LogP contribution in [0.5, 0.6) is 5.88 Å². The summed E-state index contributed by atoms with van der Waals surface area (Å²) in [7, 11) is 1.48. The molecule has 0 atom stereocenters. The summed E-state index contributed by atoms with van der Waals surface area (Å²) < 4.78 is 4.96. The van der Waals surface area contributed by atoms with Gasteiger partial charge in [-0.05, 0) is 24.9 Å². The minimum Gasteiger partial charge on any atom is -0.481 e. The van der Waals surface area contributed by atoms with Gasteiger partial charge in [0.1, 0.15) is 0 Å². The van der Waals surface area contributed by atoms with Crippen molar-refractivity contribution in [2.75, 3.05) is 31.0 Å². The van der Waals surface area contributed by atoms with Crippen LogP contribution in [0, 0.1) is 10.1 Å². The predicted octanol–water partition coefficient (Wildman–Crippen LogP) is 2.55. The Hall–Kier alpha value is -1.50. The third kappa shape index (κ3) is 4.40. The fourth-order valence-electron chi connectivity index (χ4n) is 1.40. The van der Waals surface area contributed by atoms with Gasteiger partial charge in [0.15, 0.2) is 0 Å². The highest BCUT2D eigenvalue weighted by Crippen LogP contribution is 2.24. The summed E-state index contributed by atoms with van der Waals surface area (Å²) in [6, 6.07) is 2.88. The minimum atomic E-state index is -0.448. The number of hydrogen-bond donors (Lipinski definition) is 1. The van der Waals surface area contributed by atoms with Crippen molar-refractivity contribution in [1.82, 2.24) is 4.98 Å². The Balaban J connectivity index is 2.63. The van der Waals surface area contributed by atoms with E-state index in [4.69, 9.17) is 4.74 Å². The van der Waals surface area contributed by atoms with E-state index in [1.54, 1.807) is 11.8 Å². The molecule has 0 saturated heterocycles. The highest BCUT2D eigenvalue weighted by Gasteiger charge is 2.15. The molecule has 6 nitrogen and oxygen atoms in total. The van der Waals surface area contributed by atoms with Crippen molar-refractivity contribution in [2.45, 2.75) is 12.8 Å². The zero-order valence-corrected chi connectivity index (χ0v) is 11.3. The zero-order valence-electron chi connectivity index (χ0n) is 10.5. The van der Waals surface area contributed by atoms with Crippen molar-refractivity contribution in [3.05, 3.63) is 22.2 Å². The highest BCUT2D eigenvalue weighted by molar-refractivity contribution is 7.98. The van der Waals surface area contributed by atoms with Crippen molar-refractivity contribution in [1.29, 1.82) is 0 Å². The molecule has 0 fully saturated rings. The second-order valence-electron chi connectivity index (χ2n) is 3.61. The third-order valence-electron chi connectivity index (χ3n) is 2.32. The Kier molecular flexibility index (Phi) is 6.27. The van der Waals surface area contributed by atoms with Gasteiger partial charge in [0.25, 0.3) is 0 Å². The summed E-state index contributed by atoms with van der Waals surface area (Å²) in [5, 5.41) is 13.8. The quantitative estimate of drug-likeness (QED) is 0.445. The number of aromatic nitrogens is 1. The number of ether oxygens (including phenoxy) is 1. The molecule has 7 heteroatoms. The number of anilines is 1. The molecule has 0 aliphatic rings. The molecule has 100 valence electrons. The van der Waals surface area contributed by atoms with Gasteiger partial charge in [-0.3, -0.25) is 10.1 Å². The van der Waals surface area contributed by atoms with Crippen LogP contribution in [0.2, 0.25) is 0 Å². The lowest BCUT2D eigenvalue weighted by atomic mass is 10.3. The van der Waals surface area contributed by atoms with E-state index in [0.29, 0.717) is 12.4 Å². The largest absolute Gasteiger partial charge is 0.481 e. The first kappa shape index (κ1) is 14.6. The van der Waals surface area contributed by atoms with E-state index in [0.717, 1.165) is 18.6 Å². The van der Waals surface area contributed by atoms with E-state index in [9.17, 15) is 10.1 Å². The molecule has 1 N–H and O–H groups in total. The second-order valence-corrected chi connectivity index (χ2v) is 4.59. The molecule has 1 aromatic rings. The first-order chi connectivity index (χ1) is 8.69. The number of nitrogens with zero attached hydrogens (tertiary/aromatic N) is 2. The Morgan fingerprint density at radius 3 is 2.89 bits per heavy atom. The monoisotopic (exact) mass is 271 g/mol. The molecule has 1 heterocycles. The first-order valence-corrected chi connectivity index (χ1v) is 7.00. The topological polar surface area (TPSA) is 77.3 Å². The molecule has 0 aliphatic carbocycles. The lowest BCUT2D eigenvalue weighted by molar-refractivity contribution is -0.384. The van der Waals surface area contributed by atoms with Crippen LogP contribution < -0.4 is 10.1 Å². The molecular weight excluding hydrogens is 254 g/mol. The van der Waals surface area contributed by atoms with Crippen molar-refractivity contribution in [3.8, 4) is 5.88 Å². The third-order valence-corrected chi connectivity index (χ3v) is 3.02.